The number of carboxylic acid groups (broad SMARTS) is 1. The SMILES string of the molecule is O=C(NC(Cc1cccnn1)C(=O)O)OCC1c2ccccc2-c2ccccc21. The molecule has 0 radical (unpaired) electrons. The van der Waals surface area contributed by atoms with Gasteiger partial charge in [-0.05, 0) is 34.4 Å². The van der Waals surface area contributed by atoms with E-state index in [1.807, 2.05) is 36.4 Å². The maximum atomic E-state index is 12.3. The van der Waals surface area contributed by atoms with Crippen LogP contribution < -0.4 is 5.32 Å². The summed E-state index contributed by atoms with van der Waals surface area (Å²) in [6, 6.07) is 18.2. The van der Waals surface area contributed by atoms with Crippen molar-refractivity contribution in [2.45, 2.75) is 18.4 Å². The second-order valence-electron chi connectivity index (χ2n) is 6.78. The zero-order valence-corrected chi connectivity index (χ0v) is 15.5. The van der Waals surface area contributed by atoms with Gasteiger partial charge >= 0.3 is 12.1 Å². The molecular formula is C22H19N3O4. The monoisotopic (exact) mass is 389 g/mol. The van der Waals surface area contributed by atoms with Crippen LogP contribution in [0.15, 0.2) is 66.9 Å². The molecule has 1 heterocycles. The highest BCUT2D eigenvalue weighted by Gasteiger charge is 2.29. The zero-order chi connectivity index (χ0) is 20.2. The molecule has 0 saturated heterocycles. The maximum Gasteiger partial charge on any atom is 0.407 e. The van der Waals surface area contributed by atoms with Crippen LogP contribution >= 0.6 is 0 Å². The quantitative estimate of drug-likeness (QED) is 0.672. The van der Waals surface area contributed by atoms with E-state index in [1.54, 1.807) is 12.1 Å². The number of carbonyl (C=O) groups excluding carboxylic acids is 1. The van der Waals surface area contributed by atoms with E-state index in [2.05, 4.69) is 27.6 Å². The van der Waals surface area contributed by atoms with Crippen molar-refractivity contribution in [1.29, 1.82) is 0 Å². The zero-order valence-electron chi connectivity index (χ0n) is 15.5. The van der Waals surface area contributed by atoms with Gasteiger partial charge in [0, 0.05) is 18.5 Å². The molecule has 4 rings (SSSR count). The first-order valence-corrected chi connectivity index (χ1v) is 9.24. The van der Waals surface area contributed by atoms with Crippen LogP contribution in [0.4, 0.5) is 4.79 Å². The van der Waals surface area contributed by atoms with Crippen molar-refractivity contribution in [3.8, 4) is 11.1 Å². The summed E-state index contributed by atoms with van der Waals surface area (Å²) >= 11 is 0. The van der Waals surface area contributed by atoms with Crippen LogP contribution in [0.3, 0.4) is 0 Å². The Morgan fingerprint density at radius 3 is 2.24 bits per heavy atom. The molecule has 0 bridgehead atoms. The van der Waals surface area contributed by atoms with Gasteiger partial charge in [-0.3, -0.25) is 0 Å². The Kier molecular flexibility index (Phi) is 5.20. The van der Waals surface area contributed by atoms with E-state index >= 15 is 0 Å². The van der Waals surface area contributed by atoms with Gasteiger partial charge in [0.05, 0.1) is 5.69 Å². The number of carbonyl (C=O) groups is 2. The van der Waals surface area contributed by atoms with Crippen LogP contribution in [-0.2, 0) is 16.0 Å². The molecule has 1 aliphatic rings. The van der Waals surface area contributed by atoms with Gasteiger partial charge < -0.3 is 15.2 Å². The lowest BCUT2D eigenvalue weighted by atomic mass is 9.98. The van der Waals surface area contributed by atoms with E-state index in [-0.39, 0.29) is 18.9 Å². The average Bonchev–Trinajstić information content (AvgIpc) is 3.06. The number of rotatable bonds is 6. The number of carboxylic acids is 1. The summed E-state index contributed by atoms with van der Waals surface area (Å²) in [6.45, 7) is 0.122. The maximum absolute atomic E-state index is 12.3. The first-order valence-electron chi connectivity index (χ1n) is 9.24. The Morgan fingerprint density at radius 1 is 1.00 bits per heavy atom. The van der Waals surface area contributed by atoms with Crippen molar-refractivity contribution in [3.63, 3.8) is 0 Å². The number of aromatic nitrogens is 2. The Balaban J connectivity index is 1.43. The minimum Gasteiger partial charge on any atom is -0.480 e. The van der Waals surface area contributed by atoms with E-state index in [4.69, 9.17) is 4.74 Å². The van der Waals surface area contributed by atoms with Crippen LogP contribution in [0.5, 0.6) is 0 Å². The number of nitrogens with zero attached hydrogens (tertiary/aromatic N) is 2. The lowest BCUT2D eigenvalue weighted by Gasteiger charge is -2.17. The van der Waals surface area contributed by atoms with Crippen molar-refractivity contribution in [2.24, 2.45) is 0 Å². The minimum absolute atomic E-state index is 0.0212. The largest absolute Gasteiger partial charge is 0.480 e. The van der Waals surface area contributed by atoms with E-state index in [1.165, 1.54) is 6.20 Å². The van der Waals surface area contributed by atoms with Gasteiger partial charge in [0.1, 0.15) is 12.6 Å². The van der Waals surface area contributed by atoms with Gasteiger partial charge in [-0.1, -0.05) is 48.5 Å². The second-order valence-corrected chi connectivity index (χ2v) is 6.78. The Bertz CT molecular complexity index is 993. The lowest BCUT2D eigenvalue weighted by molar-refractivity contribution is -0.139. The molecule has 1 aromatic heterocycles. The average molecular weight is 389 g/mol. The Labute approximate surface area is 167 Å². The molecule has 1 amide bonds. The fourth-order valence-corrected chi connectivity index (χ4v) is 3.63. The van der Waals surface area contributed by atoms with Crippen molar-refractivity contribution in [1.82, 2.24) is 15.5 Å². The second kappa shape index (κ2) is 8.10. The molecule has 0 aliphatic heterocycles. The highest BCUT2D eigenvalue weighted by Crippen LogP contribution is 2.44. The molecule has 29 heavy (non-hydrogen) atoms. The number of nitrogens with one attached hydrogen (secondary N) is 1. The van der Waals surface area contributed by atoms with Crippen LogP contribution in [0.25, 0.3) is 11.1 Å². The highest BCUT2D eigenvalue weighted by molar-refractivity contribution is 5.81. The molecule has 7 heteroatoms. The summed E-state index contributed by atoms with van der Waals surface area (Å²) in [4.78, 5) is 23.8. The normalized spacial score (nSPS) is 13.2. The van der Waals surface area contributed by atoms with Crippen LogP contribution in [0, 0.1) is 0 Å². The number of aliphatic carboxylic acids is 1. The first kappa shape index (κ1) is 18.6. The Hall–Kier alpha value is -3.74. The molecule has 146 valence electrons. The summed E-state index contributed by atoms with van der Waals surface area (Å²) in [5, 5.41) is 19.4. The molecule has 0 saturated carbocycles. The number of benzene rings is 2. The van der Waals surface area contributed by atoms with Gasteiger partial charge in [0.25, 0.3) is 0 Å². The molecule has 2 aromatic carbocycles. The van der Waals surface area contributed by atoms with Gasteiger partial charge in [-0.2, -0.15) is 10.2 Å². The van der Waals surface area contributed by atoms with E-state index < -0.39 is 18.1 Å². The lowest BCUT2D eigenvalue weighted by Crippen LogP contribution is -2.43. The van der Waals surface area contributed by atoms with Crippen molar-refractivity contribution >= 4 is 12.1 Å². The topological polar surface area (TPSA) is 101 Å². The summed E-state index contributed by atoms with van der Waals surface area (Å²) in [7, 11) is 0. The number of ether oxygens (including phenoxy) is 1. The van der Waals surface area contributed by atoms with Crippen molar-refractivity contribution in [3.05, 3.63) is 83.7 Å². The number of alkyl carbamates (subject to hydrolysis) is 1. The van der Waals surface area contributed by atoms with Gasteiger partial charge in [0.15, 0.2) is 0 Å². The Morgan fingerprint density at radius 2 is 1.66 bits per heavy atom. The molecule has 7 nitrogen and oxygen atoms in total. The molecule has 0 spiro atoms. The molecule has 1 atom stereocenters. The third-order valence-electron chi connectivity index (χ3n) is 4.97. The summed E-state index contributed by atoms with van der Waals surface area (Å²) in [5.74, 6) is -1.25. The highest BCUT2D eigenvalue weighted by atomic mass is 16.5. The first-order chi connectivity index (χ1) is 14.1. The fourth-order valence-electron chi connectivity index (χ4n) is 3.63. The number of amides is 1. The summed E-state index contributed by atoms with van der Waals surface area (Å²) < 4.78 is 5.41. The summed E-state index contributed by atoms with van der Waals surface area (Å²) in [5.41, 5.74) is 4.91. The van der Waals surface area contributed by atoms with E-state index in [0.29, 0.717) is 5.69 Å². The fraction of sp³-hybridized carbons (Fsp3) is 0.182. The predicted molar refractivity (Wildman–Crippen MR) is 105 cm³/mol. The number of hydrogen-bond acceptors (Lipinski definition) is 5. The van der Waals surface area contributed by atoms with Crippen LogP contribution in [0.2, 0.25) is 0 Å². The van der Waals surface area contributed by atoms with Gasteiger partial charge in [0.2, 0.25) is 0 Å². The molecule has 1 unspecified atom stereocenters. The minimum atomic E-state index is -1.16. The smallest absolute Gasteiger partial charge is 0.407 e. The third-order valence-corrected chi connectivity index (χ3v) is 4.97. The molecule has 0 fully saturated rings. The van der Waals surface area contributed by atoms with E-state index in [0.717, 1.165) is 22.3 Å². The van der Waals surface area contributed by atoms with Gasteiger partial charge in [-0.25, -0.2) is 9.59 Å². The molecular weight excluding hydrogens is 370 g/mol. The standard InChI is InChI=1S/C22H19N3O4/c26-21(27)20(12-14-6-5-11-23-25-14)24-22(28)29-13-19-17-9-3-1-7-15(17)16-8-2-4-10-18(16)19/h1-11,19-20H,12-13H2,(H,24,28)(H,26,27). The van der Waals surface area contributed by atoms with Crippen molar-refractivity contribution < 1.29 is 19.4 Å². The van der Waals surface area contributed by atoms with Crippen molar-refractivity contribution in [2.75, 3.05) is 6.61 Å². The third kappa shape index (κ3) is 3.94. The van der Waals surface area contributed by atoms with E-state index in [9.17, 15) is 14.7 Å². The number of fused-ring (bicyclic) bond motifs is 3. The molecule has 2 N–H and O–H groups in total. The number of hydrogen-bond donors (Lipinski definition) is 2. The van der Waals surface area contributed by atoms with Crippen LogP contribution in [0.1, 0.15) is 22.7 Å². The predicted octanol–water partition coefficient (Wildman–Crippen LogP) is 3.01. The summed E-state index contributed by atoms with van der Waals surface area (Å²) in [6.07, 6.45) is 0.745. The van der Waals surface area contributed by atoms with Gasteiger partial charge in [-0.15, -0.1) is 0 Å². The molecule has 1 aliphatic carbocycles. The van der Waals surface area contributed by atoms with Crippen LogP contribution in [-0.4, -0.2) is 40.0 Å². The molecule has 3 aromatic rings.